The minimum absolute atomic E-state index is 0. The third-order valence-electron chi connectivity index (χ3n) is 2.88. The lowest BCUT2D eigenvalue weighted by atomic mass is 10.1. The molecule has 0 aliphatic rings. The van der Waals surface area contributed by atoms with Crippen LogP contribution in [-0.4, -0.2) is 35.5 Å². The molecule has 0 aliphatic carbocycles. The molecule has 0 unspecified atom stereocenters. The smallest absolute Gasteiger partial charge is 0.483 e. The molecule has 2 rings (SSSR count). The van der Waals surface area contributed by atoms with Gasteiger partial charge in [-0.1, -0.05) is 0 Å². The number of rotatable bonds is 6. The van der Waals surface area contributed by atoms with E-state index in [2.05, 4.69) is 14.6 Å². The van der Waals surface area contributed by atoms with Gasteiger partial charge in [-0.2, -0.15) is 18.3 Å². The van der Waals surface area contributed by atoms with Crippen LogP contribution in [0.15, 0.2) is 30.6 Å². The van der Waals surface area contributed by atoms with E-state index in [1.165, 1.54) is 17.1 Å². The average molecular weight is 406 g/mol. The lowest BCUT2D eigenvalue weighted by Crippen LogP contribution is -2.20. The third kappa shape index (κ3) is 6.64. The van der Waals surface area contributed by atoms with E-state index in [0.717, 1.165) is 18.2 Å². The Labute approximate surface area is 150 Å². The summed E-state index contributed by atoms with van der Waals surface area (Å²) >= 11 is 0. The van der Waals surface area contributed by atoms with E-state index >= 15 is 0 Å². The van der Waals surface area contributed by atoms with Crippen LogP contribution in [0.5, 0.6) is 11.5 Å². The summed E-state index contributed by atoms with van der Waals surface area (Å²) in [7, 11) is 0. The van der Waals surface area contributed by atoms with E-state index < -0.39 is 30.6 Å². The Hall–Kier alpha value is -2.14. The average Bonchev–Trinajstić information content (AvgIpc) is 2.91. The van der Waals surface area contributed by atoms with Gasteiger partial charge < -0.3 is 15.2 Å². The molecule has 0 saturated heterocycles. The summed E-state index contributed by atoms with van der Waals surface area (Å²) < 4.78 is 83.8. The molecule has 0 radical (unpaired) electrons. The van der Waals surface area contributed by atoms with Crippen molar-refractivity contribution in [1.82, 2.24) is 9.78 Å². The predicted octanol–water partition coefficient (Wildman–Crippen LogP) is 3.77. The van der Waals surface area contributed by atoms with Gasteiger partial charge in [-0.15, -0.1) is 25.6 Å². The Morgan fingerprint density at radius 1 is 1.12 bits per heavy atom. The quantitative estimate of drug-likeness (QED) is 0.743. The third-order valence-corrected chi connectivity index (χ3v) is 2.88. The lowest BCUT2D eigenvalue weighted by Gasteiger charge is -2.15. The lowest BCUT2D eigenvalue weighted by molar-refractivity contribution is -0.274. The molecule has 5 nitrogen and oxygen atoms in total. The number of nitrogens with two attached hydrogens (primary N) is 1. The summed E-state index contributed by atoms with van der Waals surface area (Å²) in [6, 6.07) is 2.88. The van der Waals surface area contributed by atoms with Crippen molar-refractivity contribution in [3.05, 3.63) is 30.6 Å². The predicted molar refractivity (Wildman–Crippen MR) is 82.2 cm³/mol. The molecule has 0 atom stereocenters. The summed E-state index contributed by atoms with van der Waals surface area (Å²) in [5, 5.41) is 3.96. The van der Waals surface area contributed by atoms with Crippen molar-refractivity contribution >= 4 is 12.4 Å². The number of aromatic nitrogens is 2. The van der Waals surface area contributed by atoms with Crippen LogP contribution in [0.25, 0.3) is 11.1 Å². The van der Waals surface area contributed by atoms with E-state index in [9.17, 15) is 26.3 Å². The normalized spacial score (nSPS) is 11.8. The van der Waals surface area contributed by atoms with Crippen molar-refractivity contribution in [3.63, 3.8) is 0 Å². The van der Waals surface area contributed by atoms with E-state index in [-0.39, 0.29) is 24.5 Å². The molecule has 26 heavy (non-hydrogen) atoms. The fraction of sp³-hybridized carbons (Fsp3) is 0.357. The summed E-state index contributed by atoms with van der Waals surface area (Å²) in [4.78, 5) is 0. The van der Waals surface area contributed by atoms with Gasteiger partial charge in [0, 0.05) is 29.9 Å². The summed E-state index contributed by atoms with van der Waals surface area (Å²) in [5.74, 6) is -1.10. The summed E-state index contributed by atoms with van der Waals surface area (Å²) in [6.45, 7) is -1.00. The van der Waals surface area contributed by atoms with Gasteiger partial charge in [0.05, 0.1) is 12.7 Å². The van der Waals surface area contributed by atoms with Crippen LogP contribution >= 0.6 is 12.4 Å². The topological polar surface area (TPSA) is 62.3 Å². The molecule has 1 heterocycles. The van der Waals surface area contributed by atoms with E-state index in [1.54, 1.807) is 0 Å². The van der Waals surface area contributed by atoms with Gasteiger partial charge in [-0.05, 0) is 12.1 Å². The number of halogens is 7. The van der Waals surface area contributed by atoms with Gasteiger partial charge in [0.1, 0.15) is 11.5 Å². The molecule has 0 amide bonds. The first-order valence-electron chi connectivity index (χ1n) is 6.89. The van der Waals surface area contributed by atoms with Crippen LogP contribution in [0.2, 0.25) is 0 Å². The molecule has 1 aromatic carbocycles. The first kappa shape index (κ1) is 21.9. The van der Waals surface area contributed by atoms with Gasteiger partial charge in [0.25, 0.3) is 0 Å². The number of benzene rings is 1. The summed E-state index contributed by atoms with van der Waals surface area (Å²) in [5.41, 5.74) is 5.88. The molecule has 2 aromatic rings. The second-order valence-corrected chi connectivity index (χ2v) is 4.89. The minimum Gasteiger partial charge on any atom is -0.483 e. The first-order chi connectivity index (χ1) is 11.6. The van der Waals surface area contributed by atoms with Gasteiger partial charge in [0.2, 0.25) is 0 Å². The minimum atomic E-state index is -4.98. The highest BCUT2D eigenvalue weighted by Gasteiger charge is 2.32. The van der Waals surface area contributed by atoms with Crippen LogP contribution < -0.4 is 15.2 Å². The summed E-state index contributed by atoms with van der Waals surface area (Å²) in [6.07, 6.45) is -6.79. The van der Waals surface area contributed by atoms with E-state index in [0.29, 0.717) is 12.1 Å². The molecule has 2 N–H and O–H groups in total. The second kappa shape index (κ2) is 8.49. The number of hydrogen-bond acceptors (Lipinski definition) is 4. The van der Waals surface area contributed by atoms with Gasteiger partial charge in [-0.3, -0.25) is 4.68 Å². The van der Waals surface area contributed by atoms with Gasteiger partial charge >= 0.3 is 12.5 Å². The fourth-order valence-corrected chi connectivity index (χ4v) is 1.97. The zero-order valence-electron chi connectivity index (χ0n) is 13.0. The van der Waals surface area contributed by atoms with Crippen LogP contribution in [0.1, 0.15) is 0 Å². The zero-order valence-corrected chi connectivity index (χ0v) is 13.8. The Balaban J connectivity index is 0.00000338. The maximum atomic E-state index is 12.4. The Morgan fingerprint density at radius 2 is 1.81 bits per heavy atom. The second-order valence-electron chi connectivity index (χ2n) is 4.89. The van der Waals surface area contributed by atoms with Crippen LogP contribution in [-0.2, 0) is 6.54 Å². The van der Waals surface area contributed by atoms with Gasteiger partial charge in [0.15, 0.2) is 6.61 Å². The highest BCUT2D eigenvalue weighted by atomic mass is 35.5. The molecule has 0 saturated carbocycles. The van der Waals surface area contributed by atoms with Crippen LogP contribution in [0, 0.1) is 0 Å². The molecule has 0 spiro atoms. The molecular weight excluding hydrogens is 392 g/mol. The Kier molecular flexibility index (Phi) is 7.16. The van der Waals surface area contributed by atoms with Crippen molar-refractivity contribution in [2.75, 3.05) is 13.2 Å². The maximum Gasteiger partial charge on any atom is 0.573 e. The monoisotopic (exact) mass is 405 g/mol. The van der Waals surface area contributed by atoms with Crippen LogP contribution in [0.4, 0.5) is 26.3 Å². The molecule has 0 bridgehead atoms. The Bertz CT molecular complexity index is 717. The number of nitrogens with zero attached hydrogens (tertiary/aromatic N) is 2. The zero-order chi connectivity index (χ0) is 18.7. The standard InChI is InChI=1S/C14H13F6N3O2.ClH/c15-13(16,17)8-24-12-5-10(25-14(18,19)20)1-2-11(12)9-6-22-23(7-9)4-3-21;/h1-2,5-7H,3-4,8,21H2;1H. The molecule has 12 heteroatoms. The van der Waals surface area contributed by atoms with E-state index in [4.69, 9.17) is 5.73 Å². The molecule has 1 aromatic heterocycles. The Morgan fingerprint density at radius 3 is 2.38 bits per heavy atom. The molecule has 0 aliphatic heterocycles. The molecular formula is C14H14ClF6N3O2. The SMILES string of the molecule is Cl.NCCn1cc(-c2ccc(OC(F)(F)F)cc2OCC(F)(F)F)cn1. The van der Waals surface area contributed by atoms with Crippen LogP contribution in [0.3, 0.4) is 0 Å². The van der Waals surface area contributed by atoms with Crippen molar-refractivity contribution in [3.8, 4) is 22.6 Å². The van der Waals surface area contributed by atoms with Gasteiger partial charge in [-0.25, -0.2) is 0 Å². The van der Waals surface area contributed by atoms with Crippen molar-refractivity contribution in [1.29, 1.82) is 0 Å². The van der Waals surface area contributed by atoms with Crippen molar-refractivity contribution < 1.29 is 35.8 Å². The molecule has 0 fully saturated rings. The highest BCUT2D eigenvalue weighted by molar-refractivity contribution is 5.85. The first-order valence-corrected chi connectivity index (χ1v) is 6.89. The number of hydrogen-bond donors (Lipinski definition) is 1. The van der Waals surface area contributed by atoms with Crippen molar-refractivity contribution in [2.45, 2.75) is 19.1 Å². The molecule has 146 valence electrons. The number of alkyl halides is 6. The largest absolute Gasteiger partial charge is 0.573 e. The highest BCUT2D eigenvalue weighted by Crippen LogP contribution is 2.36. The van der Waals surface area contributed by atoms with Crippen molar-refractivity contribution in [2.24, 2.45) is 5.73 Å². The maximum absolute atomic E-state index is 12.4. The number of ether oxygens (including phenoxy) is 2. The van der Waals surface area contributed by atoms with E-state index in [1.807, 2.05) is 0 Å². The fourth-order valence-electron chi connectivity index (χ4n) is 1.97.